The van der Waals surface area contributed by atoms with Gasteiger partial charge in [0.05, 0.1) is 0 Å². The molecule has 5 heteroatoms. The molecule has 0 bridgehead atoms. The van der Waals surface area contributed by atoms with E-state index in [1.165, 1.54) is 0 Å². The summed E-state index contributed by atoms with van der Waals surface area (Å²) in [5.74, 6) is 0.322. The number of hydrogen-bond donors (Lipinski definition) is 1. The molecule has 0 atom stereocenters. The summed E-state index contributed by atoms with van der Waals surface area (Å²) in [4.78, 5) is 0. The van der Waals surface area contributed by atoms with E-state index >= 15 is 0 Å². The molecule has 0 unspecified atom stereocenters. The van der Waals surface area contributed by atoms with Gasteiger partial charge < -0.3 is 5.11 Å². The summed E-state index contributed by atoms with van der Waals surface area (Å²) in [6.07, 6.45) is 0. The first-order valence-corrected chi connectivity index (χ1v) is 2.13. The molecule has 0 aliphatic rings. The summed E-state index contributed by atoms with van der Waals surface area (Å²) in [5, 5.41) is 8.63. The summed E-state index contributed by atoms with van der Waals surface area (Å²) >= 11 is 0. The van der Waals surface area contributed by atoms with Crippen molar-refractivity contribution in [2.24, 2.45) is 0 Å². The van der Waals surface area contributed by atoms with Crippen molar-refractivity contribution in [2.75, 3.05) is 0 Å². The van der Waals surface area contributed by atoms with Gasteiger partial charge in [-0.05, 0) is 12.1 Å². The lowest BCUT2D eigenvalue weighted by Gasteiger charge is -1.82. The van der Waals surface area contributed by atoms with E-state index in [-0.39, 0.29) is 18.8 Å². The maximum Gasteiger partial charge on any atom is 0.115 e. The van der Waals surface area contributed by atoms with Gasteiger partial charge in [0.25, 0.3) is 0 Å². The molecule has 1 N–H and O–H groups in total. The lowest BCUT2D eigenvalue weighted by molar-refractivity contribution is 0.475. The molecule has 0 fully saturated rings. The number of para-hydroxylation sites is 1. The molecule has 0 saturated carbocycles. The summed E-state index contributed by atoms with van der Waals surface area (Å²) in [5.41, 5.74) is 0. The van der Waals surface area contributed by atoms with Crippen LogP contribution < -0.4 is 0 Å². The molecule has 0 saturated heterocycles. The third kappa shape index (κ3) is 8.74. The number of phenols is 1. The highest BCUT2D eigenvalue weighted by molar-refractivity contribution is 5.18. The van der Waals surface area contributed by atoms with Crippen molar-refractivity contribution < 1.29 is 23.9 Å². The van der Waals surface area contributed by atoms with E-state index in [1.54, 1.807) is 24.3 Å². The van der Waals surface area contributed by atoms with Gasteiger partial charge in [0, 0.05) is 0 Å². The average Bonchev–Trinajstić information content (AvgIpc) is 1.69. The lowest BCUT2D eigenvalue weighted by atomic mass is 10.3. The van der Waals surface area contributed by atoms with Crippen molar-refractivity contribution in [2.45, 2.75) is 0 Å². The molecule has 0 aliphatic carbocycles. The maximum atomic E-state index is 8.63. The van der Waals surface area contributed by atoms with Crippen molar-refractivity contribution in [1.82, 2.24) is 0 Å². The fourth-order valence-electron chi connectivity index (χ4n) is 0.428. The van der Waals surface area contributed by atoms with Gasteiger partial charge in [-0.1, -0.05) is 18.2 Å². The van der Waals surface area contributed by atoms with Crippen LogP contribution >= 0.6 is 0 Å². The van der Waals surface area contributed by atoms with Crippen LogP contribution in [0.15, 0.2) is 30.3 Å². The number of benzene rings is 1. The van der Waals surface area contributed by atoms with Gasteiger partial charge in [0.15, 0.2) is 0 Å². The second-order valence-electron chi connectivity index (χ2n) is 1.34. The zero-order valence-corrected chi connectivity index (χ0v) is 5.47. The van der Waals surface area contributed by atoms with Crippen molar-refractivity contribution in [3.8, 4) is 5.75 Å². The zero-order valence-electron chi connectivity index (χ0n) is 5.47. The quantitative estimate of drug-likeness (QED) is 0.596. The molecule has 1 aromatic rings. The van der Waals surface area contributed by atoms with Crippen LogP contribution in [0.1, 0.15) is 0 Å². The summed E-state index contributed by atoms with van der Waals surface area (Å²) in [6, 6.07) is 8.71. The molecule has 0 aromatic heterocycles. The Morgan fingerprint density at radius 3 is 1.27 bits per heavy atom. The molecule has 1 nitrogen and oxygen atoms in total. The Hall–Kier alpha value is -1.26. The Kier molecular flexibility index (Phi) is 23.7. The Morgan fingerprint density at radius 2 is 1.09 bits per heavy atom. The Balaban J connectivity index is -0.0000000612. The van der Waals surface area contributed by atoms with Crippen molar-refractivity contribution >= 4 is 0 Å². The van der Waals surface area contributed by atoms with Crippen LogP contribution in [0, 0.1) is 0 Å². The molecule has 1 aromatic carbocycles. The molecule has 0 radical (unpaired) electrons. The fourth-order valence-corrected chi connectivity index (χ4v) is 0.428. The maximum absolute atomic E-state index is 8.63. The number of halogens is 4. The number of rotatable bonds is 0. The van der Waals surface area contributed by atoms with Crippen LogP contribution in [0.5, 0.6) is 5.75 Å². The van der Waals surface area contributed by atoms with Gasteiger partial charge in [0.1, 0.15) is 5.75 Å². The first kappa shape index (κ1) is 22.6. The second-order valence-corrected chi connectivity index (χ2v) is 1.34. The minimum atomic E-state index is 0. The highest BCUT2D eigenvalue weighted by Gasteiger charge is 1.74. The topological polar surface area (TPSA) is 20.2 Å². The first-order chi connectivity index (χ1) is 3.39. The van der Waals surface area contributed by atoms with E-state index in [4.69, 9.17) is 5.11 Å². The molecular weight excluding hydrogens is 164 g/mol. The SMILES string of the molecule is F.F.F.F.Oc1ccccc1. The fraction of sp³-hybridized carbons (Fsp3) is 0. The predicted molar refractivity (Wildman–Crippen MR) is 38.1 cm³/mol. The molecule has 1 rings (SSSR count). The van der Waals surface area contributed by atoms with Crippen LogP contribution in [-0.2, 0) is 0 Å². The number of phenolic OH excluding ortho intramolecular Hbond substituents is 1. The van der Waals surface area contributed by atoms with Gasteiger partial charge in [-0.15, -0.1) is 0 Å². The van der Waals surface area contributed by atoms with Crippen molar-refractivity contribution in [1.29, 1.82) is 0 Å². The minimum absolute atomic E-state index is 0. The van der Waals surface area contributed by atoms with Crippen LogP contribution in [-0.4, -0.2) is 5.11 Å². The van der Waals surface area contributed by atoms with E-state index in [1.807, 2.05) is 6.07 Å². The summed E-state index contributed by atoms with van der Waals surface area (Å²) in [6.45, 7) is 0. The smallest absolute Gasteiger partial charge is 0.115 e. The van der Waals surface area contributed by atoms with Crippen LogP contribution in [0.25, 0.3) is 0 Å². The van der Waals surface area contributed by atoms with Gasteiger partial charge in [0.2, 0.25) is 0 Å². The second kappa shape index (κ2) is 11.5. The average molecular weight is 174 g/mol. The van der Waals surface area contributed by atoms with Crippen LogP contribution in [0.4, 0.5) is 18.8 Å². The Bertz CT molecular complexity index is 145. The van der Waals surface area contributed by atoms with Crippen LogP contribution in [0.3, 0.4) is 0 Å². The lowest BCUT2D eigenvalue weighted by Crippen LogP contribution is -1.56. The van der Waals surface area contributed by atoms with Crippen molar-refractivity contribution in [3.63, 3.8) is 0 Å². The van der Waals surface area contributed by atoms with E-state index < -0.39 is 0 Å². The molecule has 68 valence electrons. The largest absolute Gasteiger partial charge is 0.508 e. The molecule has 11 heavy (non-hydrogen) atoms. The van der Waals surface area contributed by atoms with Gasteiger partial charge in [-0.25, -0.2) is 0 Å². The van der Waals surface area contributed by atoms with Crippen LogP contribution in [0.2, 0.25) is 0 Å². The van der Waals surface area contributed by atoms with E-state index in [0.29, 0.717) is 5.75 Å². The van der Waals surface area contributed by atoms with E-state index in [2.05, 4.69) is 0 Å². The number of hydrogen-bond acceptors (Lipinski definition) is 1. The monoisotopic (exact) mass is 174 g/mol. The zero-order chi connectivity index (χ0) is 5.11. The molecule has 0 aliphatic heterocycles. The highest BCUT2D eigenvalue weighted by atomic mass is 19.0. The minimum Gasteiger partial charge on any atom is -0.508 e. The third-order valence-electron chi connectivity index (χ3n) is 0.756. The normalized spacial score (nSPS) is 5.45. The summed E-state index contributed by atoms with van der Waals surface area (Å²) < 4.78 is 0. The highest BCUT2D eigenvalue weighted by Crippen LogP contribution is 2.02. The summed E-state index contributed by atoms with van der Waals surface area (Å²) in [7, 11) is 0. The molecule has 0 heterocycles. The Labute approximate surface area is 61.1 Å². The van der Waals surface area contributed by atoms with Crippen molar-refractivity contribution in [3.05, 3.63) is 30.3 Å². The third-order valence-corrected chi connectivity index (χ3v) is 0.756. The van der Waals surface area contributed by atoms with Gasteiger partial charge in [-0.3, -0.25) is 18.8 Å². The van der Waals surface area contributed by atoms with Gasteiger partial charge in [-0.2, -0.15) is 0 Å². The standard InChI is InChI=1S/C6H6O.4FH/c7-6-4-2-1-3-5-6;;;;/h1-5,7H;4*1H. The molecular formula is C6H10F4O. The molecule has 0 amide bonds. The molecule has 0 spiro atoms. The number of aromatic hydroxyl groups is 1. The van der Waals surface area contributed by atoms with E-state index in [9.17, 15) is 0 Å². The first-order valence-electron chi connectivity index (χ1n) is 2.13. The van der Waals surface area contributed by atoms with Gasteiger partial charge >= 0.3 is 0 Å². The van der Waals surface area contributed by atoms with E-state index in [0.717, 1.165) is 0 Å². The Morgan fingerprint density at radius 1 is 0.727 bits per heavy atom. The predicted octanol–water partition coefficient (Wildman–Crippen LogP) is 2.00.